The number of hydrogen-bond donors (Lipinski definition) is 1. The average molecular weight is 402 g/mol. The highest BCUT2D eigenvalue weighted by atomic mass is 16.3. The largest absolute Gasteiger partial charge is 0.459 e. The molecule has 30 heavy (non-hydrogen) atoms. The zero-order valence-electron chi connectivity index (χ0n) is 16.9. The third-order valence-corrected chi connectivity index (χ3v) is 5.61. The van der Waals surface area contributed by atoms with Gasteiger partial charge in [-0.25, -0.2) is 0 Å². The van der Waals surface area contributed by atoms with Gasteiger partial charge in [-0.3, -0.25) is 9.59 Å². The molecule has 154 valence electrons. The Hall–Kier alpha value is -3.34. The molecular weight excluding hydrogens is 376 g/mol. The quantitative estimate of drug-likeness (QED) is 0.671. The Kier molecular flexibility index (Phi) is 6.28. The van der Waals surface area contributed by atoms with Crippen molar-refractivity contribution in [2.45, 2.75) is 25.3 Å². The Labute approximate surface area is 176 Å². The molecule has 2 aromatic carbocycles. The molecule has 3 aromatic rings. The van der Waals surface area contributed by atoms with Crippen LogP contribution in [0.15, 0.2) is 83.5 Å². The van der Waals surface area contributed by atoms with Crippen molar-refractivity contribution in [3.8, 4) is 0 Å². The van der Waals surface area contributed by atoms with Crippen LogP contribution in [0.3, 0.4) is 0 Å². The van der Waals surface area contributed by atoms with Gasteiger partial charge in [0.15, 0.2) is 5.76 Å². The van der Waals surface area contributed by atoms with Crippen molar-refractivity contribution in [3.05, 3.63) is 95.9 Å². The van der Waals surface area contributed by atoms with Gasteiger partial charge < -0.3 is 14.6 Å². The first-order valence-electron chi connectivity index (χ1n) is 10.4. The highest BCUT2D eigenvalue weighted by Gasteiger charge is 2.31. The normalized spacial score (nSPS) is 17.3. The first-order chi connectivity index (χ1) is 14.7. The maximum atomic E-state index is 13.2. The minimum atomic E-state index is -0.223. The van der Waals surface area contributed by atoms with E-state index in [0.717, 1.165) is 24.8 Å². The van der Waals surface area contributed by atoms with Crippen molar-refractivity contribution >= 4 is 11.8 Å². The van der Waals surface area contributed by atoms with Crippen molar-refractivity contribution in [3.63, 3.8) is 0 Å². The maximum absolute atomic E-state index is 13.2. The van der Waals surface area contributed by atoms with E-state index in [4.69, 9.17) is 4.42 Å². The molecule has 0 spiro atoms. The van der Waals surface area contributed by atoms with Gasteiger partial charge in [0, 0.05) is 13.1 Å². The topological polar surface area (TPSA) is 62.6 Å². The van der Waals surface area contributed by atoms with E-state index in [1.165, 1.54) is 11.8 Å². The van der Waals surface area contributed by atoms with Crippen LogP contribution in [0.1, 0.15) is 40.6 Å². The van der Waals surface area contributed by atoms with Crippen LogP contribution in [0.2, 0.25) is 0 Å². The number of likely N-dealkylation sites (tertiary alicyclic amines) is 1. The second kappa shape index (κ2) is 9.44. The fraction of sp³-hybridized carbons (Fsp3) is 0.280. The molecule has 5 heteroatoms. The van der Waals surface area contributed by atoms with Crippen LogP contribution in [-0.2, 0) is 11.2 Å². The lowest BCUT2D eigenvalue weighted by molar-refractivity contribution is -0.127. The summed E-state index contributed by atoms with van der Waals surface area (Å²) in [6, 6.07) is 23.5. The number of carbonyl (C=O) groups is 2. The number of nitrogens with zero attached hydrogens (tertiary/aromatic N) is 1. The number of hydrogen-bond acceptors (Lipinski definition) is 3. The third-order valence-electron chi connectivity index (χ3n) is 5.61. The lowest BCUT2D eigenvalue weighted by Crippen LogP contribution is -2.46. The Morgan fingerprint density at radius 2 is 1.73 bits per heavy atom. The van der Waals surface area contributed by atoms with E-state index in [-0.39, 0.29) is 23.8 Å². The molecule has 0 aliphatic carbocycles. The van der Waals surface area contributed by atoms with Gasteiger partial charge in [-0.2, -0.15) is 0 Å². The van der Waals surface area contributed by atoms with Crippen LogP contribution in [-0.4, -0.2) is 29.8 Å². The molecule has 1 aliphatic rings. The molecule has 2 amide bonds. The fourth-order valence-corrected chi connectivity index (χ4v) is 4.01. The maximum Gasteiger partial charge on any atom is 0.289 e. The highest BCUT2D eigenvalue weighted by Crippen LogP contribution is 2.23. The van der Waals surface area contributed by atoms with Gasteiger partial charge in [-0.05, 0) is 42.5 Å². The predicted octanol–water partition coefficient (Wildman–Crippen LogP) is 4.23. The summed E-state index contributed by atoms with van der Waals surface area (Å²) in [4.78, 5) is 27.5. The summed E-state index contributed by atoms with van der Waals surface area (Å²) in [6.45, 7) is 1.06. The molecule has 2 unspecified atom stereocenters. The van der Waals surface area contributed by atoms with Gasteiger partial charge in [-0.15, -0.1) is 0 Å². The molecule has 1 aliphatic heterocycles. The molecule has 1 fully saturated rings. The van der Waals surface area contributed by atoms with Crippen molar-refractivity contribution in [2.24, 2.45) is 5.92 Å². The van der Waals surface area contributed by atoms with Crippen LogP contribution >= 0.6 is 0 Å². The number of carbonyl (C=O) groups excluding carboxylic acids is 2. The van der Waals surface area contributed by atoms with Crippen LogP contribution < -0.4 is 5.32 Å². The first-order valence-corrected chi connectivity index (χ1v) is 10.4. The van der Waals surface area contributed by atoms with Crippen molar-refractivity contribution in [2.75, 3.05) is 13.1 Å². The third kappa shape index (κ3) is 4.79. The fourth-order valence-electron chi connectivity index (χ4n) is 4.01. The van der Waals surface area contributed by atoms with Gasteiger partial charge in [0.2, 0.25) is 5.91 Å². The summed E-state index contributed by atoms with van der Waals surface area (Å²) in [5, 5.41) is 3.25. The molecule has 0 radical (unpaired) electrons. The van der Waals surface area contributed by atoms with Gasteiger partial charge in [0.25, 0.3) is 5.91 Å². The number of rotatable bonds is 6. The van der Waals surface area contributed by atoms with Gasteiger partial charge in [0.05, 0.1) is 18.2 Å². The summed E-state index contributed by atoms with van der Waals surface area (Å²) in [5.74, 6) is -0.0555. The Morgan fingerprint density at radius 1 is 1.00 bits per heavy atom. The smallest absolute Gasteiger partial charge is 0.289 e. The molecule has 2 heterocycles. The predicted molar refractivity (Wildman–Crippen MR) is 115 cm³/mol. The minimum Gasteiger partial charge on any atom is -0.459 e. The van der Waals surface area contributed by atoms with E-state index in [2.05, 4.69) is 17.4 Å². The lowest BCUT2D eigenvalue weighted by atomic mass is 9.94. The van der Waals surface area contributed by atoms with E-state index in [9.17, 15) is 9.59 Å². The van der Waals surface area contributed by atoms with Gasteiger partial charge >= 0.3 is 0 Å². The second-order valence-corrected chi connectivity index (χ2v) is 7.73. The minimum absolute atomic E-state index is 0.00303. The number of furan rings is 1. The summed E-state index contributed by atoms with van der Waals surface area (Å²) in [7, 11) is 0. The molecule has 0 saturated carbocycles. The van der Waals surface area contributed by atoms with E-state index in [0.29, 0.717) is 18.8 Å². The van der Waals surface area contributed by atoms with Crippen LogP contribution in [0.25, 0.3) is 0 Å². The zero-order valence-corrected chi connectivity index (χ0v) is 16.9. The zero-order chi connectivity index (χ0) is 20.8. The monoisotopic (exact) mass is 402 g/mol. The molecule has 1 N–H and O–H groups in total. The number of nitrogens with one attached hydrogen (secondary N) is 1. The van der Waals surface area contributed by atoms with Crippen molar-refractivity contribution in [1.82, 2.24) is 10.2 Å². The van der Waals surface area contributed by atoms with Gasteiger partial charge in [-0.1, -0.05) is 60.7 Å². The Balaban J connectivity index is 1.45. The van der Waals surface area contributed by atoms with E-state index in [1.807, 2.05) is 48.5 Å². The van der Waals surface area contributed by atoms with E-state index < -0.39 is 0 Å². The number of piperidine rings is 1. The Morgan fingerprint density at radius 3 is 2.43 bits per heavy atom. The molecule has 1 saturated heterocycles. The lowest BCUT2D eigenvalue weighted by Gasteiger charge is -2.32. The molecule has 1 aromatic heterocycles. The molecule has 4 rings (SSSR count). The second-order valence-electron chi connectivity index (χ2n) is 7.73. The van der Waals surface area contributed by atoms with Crippen LogP contribution in [0.4, 0.5) is 0 Å². The van der Waals surface area contributed by atoms with E-state index >= 15 is 0 Å². The summed E-state index contributed by atoms with van der Waals surface area (Å²) in [5.41, 5.74) is 2.25. The summed E-state index contributed by atoms with van der Waals surface area (Å²) < 4.78 is 5.24. The Bertz CT molecular complexity index is 955. The van der Waals surface area contributed by atoms with Crippen molar-refractivity contribution < 1.29 is 14.0 Å². The summed E-state index contributed by atoms with van der Waals surface area (Å²) >= 11 is 0. The van der Waals surface area contributed by atoms with Crippen LogP contribution in [0.5, 0.6) is 0 Å². The molecular formula is C25H26N2O3. The highest BCUT2D eigenvalue weighted by molar-refractivity contribution is 5.92. The molecule has 0 bridgehead atoms. The average Bonchev–Trinajstić information content (AvgIpc) is 3.34. The number of amides is 2. The molecule has 2 atom stereocenters. The number of benzene rings is 2. The van der Waals surface area contributed by atoms with Crippen LogP contribution in [0, 0.1) is 5.92 Å². The van der Waals surface area contributed by atoms with E-state index in [1.54, 1.807) is 17.0 Å². The SMILES string of the molecule is O=C(NC(Cc1ccccc1)c1ccccc1)C1CCCN(C(=O)c2ccco2)C1. The standard InChI is InChI=1S/C25H26N2O3/c28-24(21-13-7-15-27(18-21)25(29)23-14-8-16-30-23)26-22(20-11-5-2-6-12-20)17-19-9-3-1-4-10-19/h1-6,8-12,14,16,21-22H,7,13,15,17-18H2,(H,26,28). The van der Waals surface area contributed by atoms with Gasteiger partial charge in [0.1, 0.15) is 0 Å². The summed E-state index contributed by atoms with van der Waals surface area (Å²) in [6.07, 6.45) is 3.80. The molecule has 5 nitrogen and oxygen atoms in total. The van der Waals surface area contributed by atoms with Crippen molar-refractivity contribution in [1.29, 1.82) is 0 Å². The first kappa shape index (κ1) is 20.0.